The largest absolute Gasteiger partial charge is 0.490 e. The number of amides is 2. The van der Waals surface area contributed by atoms with Crippen LogP contribution in [0.25, 0.3) is 0 Å². The van der Waals surface area contributed by atoms with Crippen LogP contribution in [0.5, 0.6) is 11.5 Å². The maximum atomic E-state index is 12.3. The van der Waals surface area contributed by atoms with E-state index in [9.17, 15) is 14.4 Å². The summed E-state index contributed by atoms with van der Waals surface area (Å²) >= 11 is 3.30. The first kappa shape index (κ1) is 24.7. The maximum Gasteiger partial charge on any atom is 0.343 e. The van der Waals surface area contributed by atoms with Crippen molar-refractivity contribution in [2.75, 3.05) is 13.2 Å². The molecule has 0 aliphatic heterocycles. The summed E-state index contributed by atoms with van der Waals surface area (Å²) < 4.78 is 11.7. The molecule has 34 heavy (non-hydrogen) atoms. The number of nitrogens with zero attached hydrogens (tertiary/aromatic N) is 1. The van der Waals surface area contributed by atoms with Gasteiger partial charge >= 0.3 is 5.97 Å². The Hall–Kier alpha value is -3.98. The van der Waals surface area contributed by atoms with Crippen molar-refractivity contribution in [3.05, 3.63) is 94.0 Å². The molecule has 0 unspecified atom stereocenters. The van der Waals surface area contributed by atoms with Gasteiger partial charge in [-0.05, 0) is 70.9 Å². The van der Waals surface area contributed by atoms with Crippen molar-refractivity contribution in [2.24, 2.45) is 5.10 Å². The average molecular weight is 524 g/mol. The zero-order valence-electron chi connectivity index (χ0n) is 18.3. The number of hydrogen-bond acceptors (Lipinski definition) is 6. The molecule has 0 spiro atoms. The molecule has 2 N–H and O–H groups in total. The Balaban J connectivity index is 1.57. The summed E-state index contributed by atoms with van der Waals surface area (Å²) in [5, 5.41) is 6.43. The molecule has 3 aromatic rings. The minimum absolute atomic E-state index is 0.240. The van der Waals surface area contributed by atoms with Crippen LogP contribution in [0, 0.1) is 0 Å². The van der Waals surface area contributed by atoms with Gasteiger partial charge in [-0.25, -0.2) is 10.2 Å². The molecular weight excluding hydrogens is 502 g/mol. The highest BCUT2D eigenvalue weighted by Crippen LogP contribution is 2.29. The van der Waals surface area contributed by atoms with E-state index in [2.05, 4.69) is 31.8 Å². The number of hydrogen-bond donors (Lipinski definition) is 2. The van der Waals surface area contributed by atoms with Crippen molar-refractivity contribution in [3.63, 3.8) is 0 Å². The Labute approximate surface area is 205 Å². The predicted molar refractivity (Wildman–Crippen MR) is 131 cm³/mol. The van der Waals surface area contributed by atoms with Crippen molar-refractivity contribution in [3.8, 4) is 11.5 Å². The van der Waals surface area contributed by atoms with Crippen LogP contribution in [0.4, 0.5) is 0 Å². The van der Waals surface area contributed by atoms with Crippen molar-refractivity contribution in [2.45, 2.75) is 6.92 Å². The number of hydrazone groups is 1. The topological polar surface area (TPSA) is 106 Å². The van der Waals surface area contributed by atoms with E-state index in [-0.39, 0.29) is 18.2 Å². The van der Waals surface area contributed by atoms with Gasteiger partial charge in [-0.15, -0.1) is 0 Å². The van der Waals surface area contributed by atoms with Gasteiger partial charge in [0.15, 0.2) is 11.5 Å². The minimum atomic E-state index is -0.500. The number of ether oxygens (including phenoxy) is 2. The molecule has 0 aromatic heterocycles. The molecule has 0 saturated heterocycles. The number of benzene rings is 3. The van der Waals surface area contributed by atoms with E-state index in [0.29, 0.717) is 33.5 Å². The lowest BCUT2D eigenvalue weighted by atomic mass is 10.2. The second kappa shape index (κ2) is 12.3. The third-order valence-electron chi connectivity index (χ3n) is 4.41. The Morgan fingerprint density at radius 3 is 2.44 bits per heavy atom. The number of carbonyl (C=O) groups is 3. The summed E-state index contributed by atoms with van der Waals surface area (Å²) in [6.07, 6.45) is 1.42. The standard InChI is InChI=1S/C25H22BrN3O5/c1-2-33-22-14-17(12-13-21(22)34-25(32)18-8-4-3-5-9-18)15-28-29-23(30)16-27-24(31)19-10-6-7-11-20(19)26/h3-15H,2,16H2,1H3,(H,27,31)(H,29,30). The summed E-state index contributed by atoms with van der Waals surface area (Å²) in [4.78, 5) is 36.5. The Morgan fingerprint density at radius 2 is 1.71 bits per heavy atom. The first-order chi connectivity index (χ1) is 16.5. The zero-order valence-corrected chi connectivity index (χ0v) is 19.9. The SMILES string of the molecule is CCOc1cc(C=NNC(=O)CNC(=O)c2ccccc2Br)ccc1OC(=O)c1ccccc1. The summed E-state index contributed by atoms with van der Waals surface area (Å²) in [7, 11) is 0. The van der Waals surface area contributed by atoms with E-state index in [1.165, 1.54) is 6.21 Å². The summed E-state index contributed by atoms with van der Waals surface area (Å²) in [6, 6.07) is 20.4. The number of esters is 1. The summed E-state index contributed by atoms with van der Waals surface area (Å²) in [6.45, 7) is 1.94. The molecule has 0 radical (unpaired) electrons. The van der Waals surface area contributed by atoms with Gasteiger partial charge in [0.25, 0.3) is 11.8 Å². The van der Waals surface area contributed by atoms with Crippen LogP contribution in [0.2, 0.25) is 0 Å². The van der Waals surface area contributed by atoms with Crippen LogP contribution in [-0.2, 0) is 4.79 Å². The van der Waals surface area contributed by atoms with Gasteiger partial charge in [0.05, 0.1) is 30.5 Å². The fourth-order valence-corrected chi connectivity index (χ4v) is 3.27. The molecular formula is C25H22BrN3O5. The molecule has 3 rings (SSSR count). The highest BCUT2D eigenvalue weighted by atomic mass is 79.9. The number of rotatable bonds is 9. The van der Waals surface area contributed by atoms with E-state index < -0.39 is 11.9 Å². The normalized spacial score (nSPS) is 10.5. The van der Waals surface area contributed by atoms with Gasteiger partial charge < -0.3 is 14.8 Å². The third kappa shape index (κ3) is 7.01. The molecule has 0 saturated carbocycles. The lowest BCUT2D eigenvalue weighted by Crippen LogP contribution is -2.35. The zero-order chi connectivity index (χ0) is 24.3. The van der Waals surface area contributed by atoms with Crippen molar-refractivity contribution in [1.82, 2.24) is 10.7 Å². The highest BCUT2D eigenvalue weighted by molar-refractivity contribution is 9.10. The maximum absolute atomic E-state index is 12.3. The predicted octanol–water partition coefficient (Wildman–Crippen LogP) is 3.95. The number of nitrogens with one attached hydrogen (secondary N) is 2. The molecule has 0 bridgehead atoms. The molecule has 8 nitrogen and oxygen atoms in total. The van der Waals surface area contributed by atoms with E-state index >= 15 is 0 Å². The van der Waals surface area contributed by atoms with Gasteiger partial charge in [0.2, 0.25) is 0 Å². The van der Waals surface area contributed by atoms with Gasteiger partial charge in [-0.2, -0.15) is 5.10 Å². The average Bonchev–Trinajstić information content (AvgIpc) is 2.85. The van der Waals surface area contributed by atoms with Gasteiger partial charge in [-0.3, -0.25) is 9.59 Å². The number of halogens is 1. The molecule has 0 heterocycles. The van der Waals surface area contributed by atoms with E-state index in [1.807, 2.05) is 13.0 Å². The molecule has 174 valence electrons. The van der Waals surface area contributed by atoms with Crippen molar-refractivity contribution in [1.29, 1.82) is 0 Å². The van der Waals surface area contributed by atoms with Gasteiger partial charge in [0, 0.05) is 4.47 Å². The van der Waals surface area contributed by atoms with Gasteiger partial charge in [-0.1, -0.05) is 30.3 Å². The highest BCUT2D eigenvalue weighted by Gasteiger charge is 2.13. The second-order valence-corrected chi connectivity index (χ2v) is 7.70. The van der Waals surface area contributed by atoms with Crippen LogP contribution in [0.1, 0.15) is 33.2 Å². The smallest absolute Gasteiger partial charge is 0.343 e. The minimum Gasteiger partial charge on any atom is -0.490 e. The summed E-state index contributed by atoms with van der Waals surface area (Å²) in [5.41, 5.74) is 3.81. The Bertz CT molecular complexity index is 1200. The molecule has 0 fully saturated rings. The molecule has 0 atom stereocenters. The molecule has 3 aromatic carbocycles. The first-order valence-corrected chi connectivity index (χ1v) is 11.2. The van der Waals surface area contributed by atoms with Crippen LogP contribution < -0.4 is 20.2 Å². The van der Waals surface area contributed by atoms with Crippen LogP contribution in [0.15, 0.2) is 82.4 Å². The van der Waals surface area contributed by atoms with Crippen molar-refractivity contribution < 1.29 is 23.9 Å². The molecule has 9 heteroatoms. The van der Waals surface area contributed by atoms with Gasteiger partial charge in [0.1, 0.15) is 0 Å². The lowest BCUT2D eigenvalue weighted by Gasteiger charge is -2.11. The fraction of sp³-hybridized carbons (Fsp3) is 0.120. The van der Waals surface area contributed by atoms with Crippen LogP contribution in [0.3, 0.4) is 0 Å². The van der Waals surface area contributed by atoms with Crippen LogP contribution in [-0.4, -0.2) is 37.1 Å². The molecule has 2 amide bonds. The van der Waals surface area contributed by atoms with Crippen LogP contribution >= 0.6 is 15.9 Å². The van der Waals surface area contributed by atoms with E-state index in [0.717, 1.165) is 0 Å². The molecule has 0 aliphatic carbocycles. The van der Waals surface area contributed by atoms with Crippen molar-refractivity contribution >= 4 is 39.9 Å². The van der Waals surface area contributed by atoms with E-state index in [1.54, 1.807) is 66.7 Å². The van der Waals surface area contributed by atoms with E-state index in [4.69, 9.17) is 9.47 Å². The summed E-state index contributed by atoms with van der Waals surface area (Å²) in [5.74, 6) is -0.738. The Morgan fingerprint density at radius 1 is 0.971 bits per heavy atom. The third-order valence-corrected chi connectivity index (χ3v) is 5.10. The number of carbonyl (C=O) groups excluding carboxylic acids is 3. The fourth-order valence-electron chi connectivity index (χ4n) is 2.81. The monoisotopic (exact) mass is 523 g/mol. The first-order valence-electron chi connectivity index (χ1n) is 10.4. The second-order valence-electron chi connectivity index (χ2n) is 6.85. The Kier molecular flexibility index (Phi) is 8.93. The quantitative estimate of drug-likeness (QED) is 0.191. The lowest BCUT2D eigenvalue weighted by molar-refractivity contribution is -0.120. The molecule has 0 aliphatic rings.